The van der Waals surface area contributed by atoms with E-state index >= 15 is 0 Å². The van der Waals surface area contributed by atoms with Gasteiger partial charge >= 0.3 is 6.03 Å². The summed E-state index contributed by atoms with van der Waals surface area (Å²) in [4.78, 5) is 33.0. The molecular formula is C23H25N5O3. The van der Waals surface area contributed by atoms with E-state index in [0.29, 0.717) is 25.3 Å². The summed E-state index contributed by atoms with van der Waals surface area (Å²) < 4.78 is 5.08. The van der Waals surface area contributed by atoms with Crippen LogP contribution in [-0.4, -0.2) is 52.9 Å². The van der Waals surface area contributed by atoms with Gasteiger partial charge in [-0.2, -0.15) is 0 Å². The average molecular weight is 419 g/mol. The fraction of sp³-hybridized carbons (Fsp3) is 0.261. The second-order valence-corrected chi connectivity index (χ2v) is 7.37. The predicted molar refractivity (Wildman–Crippen MR) is 116 cm³/mol. The van der Waals surface area contributed by atoms with E-state index in [1.54, 1.807) is 30.5 Å². The Balaban J connectivity index is 1.20. The van der Waals surface area contributed by atoms with Crippen LogP contribution < -0.4 is 10.6 Å². The van der Waals surface area contributed by atoms with Crippen LogP contribution in [0.15, 0.2) is 71.5 Å². The Kier molecular flexibility index (Phi) is 6.59. The Hall–Kier alpha value is -3.65. The average Bonchev–Trinajstić information content (AvgIpc) is 3.35. The van der Waals surface area contributed by atoms with Crippen molar-refractivity contribution < 1.29 is 14.0 Å². The van der Waals surface area contributed by atoms with Crippen LogP contribution in [0, 0.1) is 0 Å². The van der Waals surface area contributed by atoms with Crippen molar-refractivity contribution in [1.82, 2.24) is 20.1 Å². The second kappa shape index (κ2) is 9.90. The highest BCUT2D eigenvalue weighted by atomic mass is 16.3. The molecule has 0 saturated carbocycles. The Morgan fingerprint density at radius 1 is 0.968 bits per heavy atom. The first-order valence-corrected chi connectivity index (χ1v) is 10.3. The SMILES string of the molecule is O=C(Nc1ccc(CNC(=O)N2CCN(Cc3ccccn3)CC2)cc1)c1ccco1. The van der Waals surface area contributed by atoms with Gasteiger partial charge in [-0.15, -0.1) is 0 Å². The fourth-order valence-electron chi connectivity index (χ4n) is 3.43. The van der Waals surface area contributed by atoms with Crippen molar-refractivity contribution >= 4 is 17.6 Å². The number of benzene rings is 1. The molecule has 1 aromatic carbocycles. The molecule has 8 heteroatoms. The van der Waals surface area contributed by atoms with Crippen molar-refractivity contribution in [3.8, 4) is 0 Å². The van der Waals surface area contributed by atoms with Crippen LogP contribution in [0.2, 0.25) is 0 Å². The van der Waals surface area contributed by atoms with Gasteiger partial charge in [0.05, 0.1) is 12.0 Å². The number of aromatic nitrogens is 1. The third-order valence-corrected chi connectivity index (χ3v) is 5.17. The molecule has 1 saturated heterocycles. The van der Waals surface area contributed by atoms with Crippen molar-refractivity contribution in [3.05, 3.63) is 84.1 Å². The summed E-state index contributed by atoms with van der Waals surface area (Å²) in [6, 6.07) is 16.5. The van der Waals surface area contributed by atoms with Gasteiger partial charge in [0.25, 0.3) is 5.91 Å². The first-order valence-electron chi connectivity index (χ1n) is 10.3. The number of hydrogen-bond donors (Lipinski definition) is 2. The lowest BCUT2D eigenvalue weighted by molar-refractivity contribution is 0.0996. The number of amides is 3. The number of piperazine rings is 1. The van der Waals surface area contributed by atoms with Gasteiger partial charge in [0.15, 0.2) is 5.76 Å². The zero-order valence-electron chi connectivity index (χ0n) is 17.2. The topological polar surface area (TPSA) is 90.7 Å². The van der Waals surface area contributed by atoms with Gasteiger partial charge in [-0.1, -0.05) is 18.2 Å². The van der Waals surface area contributed by atoms with Gasteiger partial charge in [0.1, 0.15) is 0 Å². The summed E-state index contributed by atoms with van der Waals surface area (Å²) in [7, 11) is 0. The van der Waals surface area contributed by atoms with E-state index in [2.05, 4.69) is 20.5 Å². The van der Waals surface area contributed by atoms with E-state index in [9.17, 15) is 9.59 Å². The van der Waals surface area contributed by atoms with Gasteiger partial charge in [-0.25, -0.2) is 4.79 Å². The normalized spacial score (nSPS) is 14.3. The number of hydrogen-bond acceptors (Lipinski definition) is 5. The number of rotatable bonds is 6. The quantitative estimate of drug-likeness (QED) is 0.641. The van der Waals surface area contributed by atoms with E-state index in [4.69, 9.17) is 4.42 Å². The van der Waals surface area contributed by atoms with Crippen LogP contribution in [0.25, 0.3) is 0 Å². The first kappa shape index (κ1) is 20.6. The molecule has 3 aromatic rings. The smallest absolute Gasteiger partial charge is 0.317 e. The van der Waals surface area contributed by atoms with E-state index in [0.717, 1.165) is 30.9 Å². The fourth-order valence-corrected chi connectivity index (χ4v) is 3.43. The third kappa shape index (κ3) is 5.70. The molecule has 8 nitrogen and oxygen atoms in total. The van der Waals surface area contributed by atoms with Crippen molar-refractivity contribution in [1.29, 1.82) is 0 Å². The summed E-state index contributed by atoms with van der Waals surface area (Å²) in [5.74, 6) is -0.0373. The lowest BCUT2D eigenvalue weighted by atomic mass is 10.2. The molecular weight excluding hydrogens is 394 g/mol. The van der Waals surface area contributed by atoms with Crippen LogP contribution in [0.4, 0.5) is 10.5 Å². The highest BCUT2D eigenvalue weighted by Gasteiger charge is 2.21. The second-order valence-electron chi connectivity index (χ2n) is 7.37. The molecule has 1 fully saturated rings. The van der Waals surface area contributed by atoms with Crippen molar-refractivity contribution in [2.45, 2.75) is 13.1 Å². The van der Waals surface area contributed by atoms with Gasteiger partial charge in [0.2, 0.25) is 0 Å². The lowest BCUT2D eigenvalue weighted by Gasteiger charge is -2.34. The highest BCUT2D eigenvalue weighted by Crippen LogP contribution is 2.12. The number of nitrogens with one attached hydrogen (secondary N) is 2. The Morgan fingerprint density at radius 3 is 2.45 bits per heavy atom. The van der Waals surface area contributed by atoms with Gasteiger partial charge in [0, 0.05) is 51.2 Å². The molecule has 160 valence electrons. The highest BCUT2D eigenvalue weighted by molar-refractivity contribution is 6.02. The molecule has 3 heterocycles. The first-order chi connectivity index (χ1) is 15.2. The van der Waals surface area contributed by atoms with Gasteiger partial charge in [-0.3, -0.25) is 14.7 Å². The maximum absolute atomic E-state index is 12.5. The summed E-state index contributed by atoms with van der Waals surface area (Å²) >= 11 is 0. The number of carbonyl (C=O) groups excluding carboxylic acids is 2. The van der Waals surface area contributed by atoms with Crippen LogP contribution in [-0.2, 0) is 13.1 Å². The standard InChI is InChI=1S/C23H25N5O3/c29-22(21-5-3-15-31-21)26-19-8-6-18(7-9-19)16-25-23(30)28-13-11-27(12-14-28)17-20-4-1-2-10-24-20/h1-10,15H,11-14,16-17H2,(H,25,30)(H,26,29). The number of carbonyl (C=O) groups is 2. The van der Waals surface area contributed by atoms with Crippen molar-refractivity contribution in [2.24, 2.45) is 0 Å². The largest absolute Gasteiger partial charge is 0.459 e. The molecule has 31 heavy (non-hydrogen) atoms. The summed E-state index contributed by atoms with van der Waals surface area (Å²) in [5, 5.41) is 5.74. The summed E-state index contributed by atoms with van der Waals surface area (Å²) in [6.45, 7) is 4.27. The maximum atomic E-state index is 12.5. The van der Waals surface area contributed by atoms with Crippen LogP contribution in [0.5, 0.6) is 0 Å². The molecule has 0 aliphatic carbocycles. The lowest BCUT2D eigenvalue weighted by Crippen LogP contribution is -2.51. The van der Waals surface area contributed by atoms with Crippen molar-refractivity contribution in [3.63, 3.8) is 0 Å². The molecule has 0 atom stereocenters. The van der Waals surface area contributed by atoms with Gasteiger partial charge in [-0.05, 0) is 42.0 Å². The maximum Gasteiger partial charge on any atom is 0.317 e. The van der Waals surface area contributed by atoms with E-state index in [-0.39, 0.29) is 17.7 Å². The molecule has 4 rings (SSSR count). The van der Waals surface area contributed by atoms with E-state index < -0.39 is 0 Å². The van der Waals surface area contributed by atoms with Crippen LogP contribution in [0.3, 0.4) is 0 Å². The minimum absolute atomic E-state index is 0.0623. The van der Waals surface area contributed by atoms with Crippen molar-refractivity contribution in [2.75, 3.05) is 31.5 Å². The Labute approximate surface area is 180 Å². The Bertz CT molecular complexity index is 982. The summed E-state index contributed by atoms with van der Waals surface area (Å²) in [6.07, 6.45) is 3.26. The predicted octanol–water partition coefficient (Wildman–Crippen LogP) is 2.95. The number of pyridine rings is 1. The monoisotopic (exact) mass is 419 g/mol. The molecule has 1 aliphatic heterocycles. The molecule has 0 radical (unpaired) electrons. The van der Waals surface area contributed by atoms with E-state index in [1.807, 2.05) is 35.2 Å². The minimum Gasteiger partial charge on any atom is -0.459 e. The zero-order chi connectivity index (χ0) is 21.5. The number of urea groups is 1. The molecule has 0 unspecified atom stereocenters. The number of furan rings is 1. The zero-order valence-corrected chi connectivity index (χ0v) is 17.2. The van der Waals surface area contributed by atoms with Crippen LogP contribution in [0.1, 0.15) is 21.8 Å². The van der Waals surface area contributed by atoms with E-state index in [1.165, 1.54) is 6.26 Å². The number of anilines is 1. The summed E-state index contributed by atoms with van der Waals surface area (Å²) in [5.41, 5.74) is 2.67. The molecule has 2 N–H and O–H groups in total. The molecule has 0 spiro atoms. The third-order valence-electron chi connectivity index (χ3n) is 5.17. The number of nitrogens with zero attached hydrogens (tertiary/aromatic N) is 3. The minimum atomic E-state index is -0.298. The molecule has 2 aromatic heterocycles. The van der Waals surface area contributed by atoms with Gasteiger partial charge < -0.3 is 20.0 Å². The molecule has 0 bridgehead atoms. The van der Waals surface area contributed by atoms with Crippen LogP contribution >= 0.6 is 0 Å². The Morgan fingerprint density at radius 2 is 1.77 bits per heavy atom. The molecule has 3 amide bonds. The molecule has 1 aliphatic rings.